The number of anilines is 1. The van der Waals surface area contributed by atoms with Crippen LogP contribution in [0.5, 0.6) is 0 Å². The fourth-order valence-electron chi connectivity index (χ4n) is 5.05. The number of aryl methyl sites for hydroxylation is 1. The highest BCUT2D eigenvalue weighted by Gasteiger charge is 2.39. The molecule has 1 atom stereocenters. The van der Waals surface area contributed by atoms with E-state index >= 15 is 0 Å². The molecule has 4 nitrogen and oxygen atoms in total. The standard InChI is InChI=1S/C27H25ClF3N3O/c1-14(2)16-7-9-17(10-8-16)24-23-15(3)33-34(21-13-18(27(29,30)31)11-12-19(21)28)26(23)32-20-5-4-6-22(35)25(20)24/h7-14,24,32H,4-6H2,1-3H3/t24-/m0/s1. The summed E-state index contributed by atoms with van der Waals surface area (Å²) in [5, 5.41) is 8.12. The van der Waals surface area contributed by atoms with Gasteiger partial charge in [-0.05, 0) is 55.0 Å². The Morgan fingerprint density at radius 2 is 1.83 bits per heavy atom. The number of fused-ring (bicyclic) bond motifs is 1. The van der Waals surface area contributed by atoms with Gasteiger partial charge in [-0.2, -0.15) is 18.3 Å². The molecule has 1 aromatic heterocycles. The number of nitrogens with one attached hydrogen (secondary N) is 1. The minimum absolute atomic E-state index is 0.0894. The summed E-state index contributed by atoms with van der Waals surface area (Å²) < 4.78 is 41.8. The lowest BCUT2D eigenvalue weighted by Gasteiger charge is -2.33. The molecule has 0 unspecified atom stereocenters. The van der Waals surface area contributed by atoms with Crippen molar-refractivity contribution in [2.75, 3.05) is 5.32 Å². The summed E-state index contributed by atoms with van der Waals surface area (Å²) in [6.45, 7) is 6.05. The fourth-order valence-corrected chi connectivity index (χ4v) is 5.25. The Bertz CT molecular complexity index is 1350. The predicted octanol–water partition coefficient (Wildman–Crippen LogP) is 7.54. The van der Waals surface area contributed by atoms with Gasteiger partial charge in [-0.25, -0.2) is 4.68 Å². The van der Waals surface area contributed by atoms with Crippen molar-refractivity contribution in [1.29, 1.82) is 0 Å². The monoisotopic (exact) mass is 499 g/mol. The Labute approximate surface area is 206 Å². The van der Waals surface area contributed by atoms with Gasteiger partial charge in [0.25, 0.3) is 0 Å². The summed E-state index contributed by atoms with van der Waals surface area (Å²) in [6.07, 6.45) is -2.64. The SMILES string of the molecule is Cc1nn(-c2cc(C(F)(F)F)ccc2Cl)c2c1[C@H](c1ccc(C(C)C)cc1)C1=C(CCCC1=O)N2. The van der Waals surface area contributed by atoms with Crippen LogP contribution in [0, 0.1) is 6.92 Å². The molecule has 0 fully saturated rings. The van der Waals surface area contributed by atoms with Crippen molar-refractivity contribution in [3.8, 4) is 5.69 Å². The van der Waals surface area contributed by atoms with Crippen LogP contribution in [0.25, 0.3) is 5.69 Å². The molecule has 182 valence electrons. The first kappa shape index (κ1) is 23.7. The van der Waals surface area contributed by atoms with Gasteiger partial charge in [0.05, 0.1) is 22.0 Å². The zero-order chi connectivity index (χ0) is 25.1. The molecule has 2 aromatic carbocycles. The van der Waals surface area contributed by atoms with Gasteiger partial charge in [0.2, 0.25) is 0 Å². The summed E-state index contributed by atoms with van der Waals surface area (Å²) in [7, 11) is 0. The molecule has 8 heteroatoms. The molecule has 0 bridgehead atoms. The lowest BCUT2D eigenvalue weighted by Crippen LogP contribution is -2.27. The van der Waals surface area contributed by atoms with Crippen LogP contribution < -0.4 is 5.32 Å². The number of aromatic nitrogens is 2. The van der Waals surface area contributed by atoms with E-state index < -0.39 is 11.7 Å². The number of hydrogen-bond acceptors (Lipinski definition) is 3. The number of allylic oxidation sites excluding steroid dienone is 2. The van der Waals surface area contributed by atoms with Crippen LogP contribution in [0.2, 0.25) is 5.02 Å². The fraction of sp³-hybridized carbons (Fsp3) is 0.333. The van der Waals surface area contributed by atoms with E-state index in [2.05, 4.69) is 36.4 Å². The van der Waals surface area contributed by atoms with Crippen LogP contribution in [-0.4, -0.2) is 15.6 Å². The van der Waals surface area contributed by atoms with Crippen LogP contribution in [0.3, 0.4) is 0 Å². The number of carbonyl (C=O) groups is 1. The second kappa shape index (κ2) is 8.55. The maximum absolute atomic E-state index is 13.5. The number of nitrogens with zero attached hydrogens (tertiary/aromatic N) is 2. The van der Waals surface area contributed by atoms with E-state index in [1.54, 1.807) is 0 Å². The topological polar surface area (TPSA) is 46.9 Å². The Hall–Kier alpha value is -3.06. The Morgan fingerprint density at radius 3 is 2.49 bits per heavy atom. The van der Waals surface area contributed by atoms with Gasteiger partial charge in [-0.15, -0.1) is 0 Å². The molecule has 3 aromatic rings. The lowest BCUT2D eigenvalue weighted by molar-refractivity contribution is -0.137. The van der Waals surface area contributed by atoms with Crippen LogP contribution in [0.15, 0.2) is 53.7 Å². The van der Waals surface area contributed by atoms with E-state index in [1.807, 2.05) is 19.1 Å². The van der Waals surface area contributed by atoms with Crippen molar-refractivity contribution < 1.29 is 18.0 Å². The molecule has 5 rings (SSSR count). The van der Waals surface area contributed by atoms with Crippen LogP contribution in [0.4, 0.5) is 19.0 Å². The number of hydrogen-bond donors (Lipinski definition) is 1. The van der Waals surface area contributed by atoms with Crippen molar-refractivity contribution in [3.63, 3.8) is 0 Å². The molecule has 0 amide bonds. The highest BCUT2D eigenvalue weighted by Crippen LogP contribution is 2.48. The smallest absolute Gasteiger partial charge is 0.343 e. The van der Waals surface area contributed by atoms with E-state index in [1.165, 1.54) is 16.3 Å². The molecule has 0 saturated heterocycles. The predicted molar refractivity (Wildman–Crippen MR) is 130 cm³/mol. The van der Waals surface area contributed by atoms with Gasteiger partial charge in [0, 0.05) is 29.2 Å². The van der Waals surface area contributed by atoms with Crippen molar-refractivity contribution >= 4 is 23.2 Å². The molecule has 1 aliphatic carbocycles. The summed E-state index contributed by atoms with van der Waals surface area (Å²) in [5.74, 6) is 0.654. The minimum atomic E-state index is -4.51. The average molecular weight is 500 g/mol. The van der Waals surface area contributed by atoms with Crippen LogP contribution >= 0.6 is 11.6 Å². The first-order chi connectivity index (χ1) is 16.6. The third kappa shape index (κ3) is 4.05. The highest BCUT2D eigenvalue weighted by atomic mass is 35.5. The zero-order valence-electron chi connectivity index (χ0n) is 19.6. The molecule has 0 spiro atoms. The summed E-state index contributed by atoms with van der Waals surface area (Å²) in [4.78, 5) is 13.1. The molecule has 2 heterocycles. The van der Waals surface area contributed by atoms with Gasteiger partial charge in [0.15, 0.2) is 5.78 Å². The number of carbonyl (C=O) groups excluding carboxylic acids is 1. The van der Waals surface area contributed by atoms with E-state index in [-0.39, 0.29) is 22.4 Å². The van der Waals surface area contributed by atoms with E-state index in [9.17, 15) is 18.0 Å². The molecule has 0 saturated carbocycles. The van der Waals surface area contributed by atoms with Gasteiger partial charge in [-0.1, -0.05) is 49.7 Å². The Balaban J connectivity index is 1.72. The normalized spacial score (nSPS) is 17.9. The number of halogens is 4. The second-order valence-corrected chi connectivity index (χ2v) is 9.88. The summed E-state index contributed by atoms with van der Waals surface area (Å²) in [6, 6.07) is 11.4. The molecule has 0 radical (unpaired) electrons. The molecular weight excluding hydrogens is 475 g/mol. The van der Waals surface area contributed by atoms with Crippen molar-refractivity contribution in [1.82, 2.24) is 9.78 Å². The molecular formula is C27H25ClF3N3O. The summed E-state index contributed by atoms with van der Waals surface area (Å²) in [5.41, 5.74) is 4.41. The number of ketones is 1. The van der Waals surface area contributed by atoms with Gasteiger partial charge < -0.3 is 5.32 Å². The maximum atomic E-state index is 13.5. The third-order valence-electron chi connectivity index (χ3n) is 6.85. The van der Waals surface area contributed by atoms with Gasteiger partial charge in [0.1, 0.15) is 5.82 Å². The number of Topliss-reactive ketones (excluding diaryl/α,β-unsaturated/α-hetero) is 1. The largest absolute Gasteiger partial charge is 0.416 e. The summed E-state index contributed by atoms with van der Waals surface area (Å²) >= 11 is 6.37. The first-order valence-corrected chi connectivity index (χ1v) is 12.0. The number of rotatable bonds is 3. The number of alkyl halides is 3. The Kier molecular flexibility index (Phi) is 5.79. The minimum Gasteiger partial charge on any atom is -0.343 e. The zero-order valence-corrected chi connectivity index (χ0v) is 20.4. The molecule has 35 heavy (non-hydrogen) atoms. The first-order valence-electron chi connectivity index (χ1n) is 11.7. The van der Waals surface area contributed by atoms with Crippen molar-refractivity contribution in [2.24, 2.45) is 0 Å². The van der Waals surface area contributed by atoms with Crippen molar-refractivity contribution in [3.05, 3.63) is 86.7 Å². The number of benzene rings is 2. The van der Waals surface area contributed by atoms with Gasteiger partial charge in [-0.3, -0.25) is 4.79 Å². The van der Waals surface area contributed by atoms with Gasteiger partial charge >= 0.3 is 6.18 Å². The third-order valence-corrected chi connectivity index (χ3v) is 7.17. The molecule has 1 aliphatic heterocycles. The average Bonchev–Trinajstić information content (AvgIpc) is 3.13. The Morgan fingerprint density at radius 1 is 1.11 bits per heavy atom. The lowest BCUT2D eigenvalue weighted by atomic mass is 9.76. The maximum Gasteiger partial charge on any atom is 0.416 e. The quantitative estimate of drug-likeness (QED) is 0.405. The highest BCUT2D eigenvalue weighted by molar-refractivity contribution is 6.32. The van der Waals surface area contributed by atoms with Crippen molar-refractivity contribution in [2.45, 2.75) is 58.0 Å². The van der Waals surface area contributed by atoms with Crippen LogP contribution in [0.1, 0.15) is 72.9 Å². The van der Waals surface area contributed by atoms with Crippen LogP contribution in [-0.2, 0) is 11.0 Å². The van der Waals surface area contributed by atoms with E-state index in [0.717, 1.165) is 41.0 Å². The van der Waals surface area contributed by atoms with E-state index in [0.29, 0.717) is 30.3 Å². The van der Waals surface area contributed by atoms with E-state index in [4.69, 9.17) is 11.6 Å². The molecule has 2 aliphatic rings. The molecule has 1 N–H and O–H groups in total. The second-order valence-electron chi connectivity index (χ2n) is 9.47.